The minimum atomic E-state index is -1.38. The number of aryl methyl sites for hydroxylation is 2. The zero-order valence-corrected chi connectivity index (χ0v) is 22.6. The van der Waals surface area contributed by atoms with Crippen LogP contribution in [-0.4, -0.2) is 39.5 Å². The van der Waals surface area contributed by atoms with Crippen molar-refractivity contribution in [2.24, 2.45) is 0 Å². The van der Waals surface area contributed by atoms with Gasteiger partial charge in [0, 0.05) is 34.5 Å². The van der Waals surface area contributed by atoms with Crippen molar-refractivity contribution in [3.63, 3.8) is 0 Å². The highest BCUT2D eigenvalue weighted by Gasteiger charge is 2.61. The Morgan fingerprint density at radius 1 is 1.05 bits per heavy atom. The fraction of sp³-hybridized carbons (Fsp3) is 0.387. The van der Waals surface area contributed by atoms with Crippen LogP contribution in [0.25, 0.3) is 43.6 Å². The smallest absolute Gasteiger partial charge is 0.252 e. The Balaban J connectivity index is 1.67. The van der Waals surface area contributed by atoms with Gasteiger partial charge in [0.2, 0.25) is 0 Å². The molecular formula is C31H31N3O5. The van der Waals surface area contributed by atoms with Crippen LogP contribution in [0.2, 0.25) is 0 Å². The highest BCUT2D eigenvalue weighted by molar-refractivity contribution is 6.31. The molecule has 8 nitrogen and oxygen atoms in total. The molecule has 0 radical (unpaired) electrons. The van der Waals surface area contributed by atoms with Crippen molar-refractivity contribution >= 4 is 49.5 Å². The zero-order chi connectivity index (χ0) is 26.8. The van der Waals surface area contributed by atoms with Crippen molar-refractivity contribution in [3.8, 4) is 0 Å². The van der Waals surface area contributed by atoms with Crippen molar-refractivity contribution in [1.82, 2.24) is 14.5 Å². The average molecular weight is 526 g/mol. The number of amides is 1. The minimum absolute atomic E-state index is 0.0352. The van der Waals surface area contributed by atoms with E-state index in [0.717, 1.165) is 67.6 Å². The Bertz CT molecular complexity index is 1900. The highest BCUT2D eigenvalue weighted by atomic mass is 17.2. The molecule has 0 saturated carbocycles. The molecule has 1 saturated heterocycles. The Morgan fingerprint density at radius 2 is 1.74 bits per heavy atom. The largest absolute Gasteiger partial charge is 0.382 e. The van der Waals surface area contributed by atoms with Gasteiger partial charge in [-0.15, -0.1) is 0 Å². The first-order valence-corrected chi connectivity index (χ1v) is 13.8. The SMILES string of the molecule is CCc1ccc2c(c1)c1c3c(c4c5cc(CC)ccc5n5c4c1n2C1CC(O)(COOC)C5(C)O1)CNC3=O. The van der Waals surface area contributed by atoms with Crippen molar-refractivity contribution in [2.75, 3.05) is 13.7 Å². The lowest BCUT2D eigenvalue weighted by Gasteiger charge is -2.39. The van der Waals surface area contributed by atoms with Gasteiger partial charge in [-0.2, -0.15) is 0 Å². The number of rotatable bonds is 5. The fourth-order valence-corrected chi connectivity index (χ4v) is 7.51. The lowest BCUT2D eigenvalue weighted by molar-refractivity contribution is -0.315. The van der Waals surface area contributed by atoms with Gasteiger partial charge in [0.1, 0.15) is 18.4 Å². The van der Waals surface area contributed by atoms with Crippen LogP contribution in [0.4, 0.5) is 0 Å². The van der Waals surface area contributed by atoms with E-state index < -0.39 is 17.6 Å². The third-order valence-corrected chi connectivity index (χ3v) is 9.52. The third-order valence-electron chi connectivity index (χ3n) is 9.52. The molecule has 3 atom stereocenters. The first-order chi connectivity index (χ1) is 18.8. The lowest BCUT2D eigenvalue weighted by Crippen LogP contribution is -2.53. The number of hydrogen-bond acceptors (Lipinski definition) is 5. The fourth-order valence-electron chi connectivity index (χ4n) is 7.51. The van der Waals surface area contributed by atoms with E-state index in [1.54, 1.807) is 0 Å². The maximum Gasteiger partial charge on any atom is 0.252 e. The van der Waals surface area contributed by atoms with Crippen LogP contribution in [0, 0.1) is 0 Å². The van der Waals surface area contributed by atoms with Gasteiger partial charge in [-0.1, -0.05) is 26.0 Å². The number of carbonyl (C=O) groups excluding carboxylic acids is 1. The molecule has 3 aliphatic heterocycles. The molecule has 8 rings (SSSR count). The maximum absolute atomic E-state index is 13.5. The minimum Gasteiger partial charge on any atom is -0.382 e. The number of hydrogen-bond donors (Lipinski definition) is 2. The quantitative estimate of drug-likeness (QED) is 0.244. The van der Waals surface area contributed by atoms with Crippen LogP contribution in [0.1, 0.15) is 60.5 Å². The second-order valence-electron chi connectivity index (χ2n) is 11.3. The van der Waals surface area contributed by atoms with Crippen molar-refractivity contribution in [1.29, 1.82) is 0 Å². The monoisotopic (exact) mass is 525 g/mol. The highest BCUT2D eigenvalue weighted by Crippen LogP contribution is 2.57. The number of ether oxygens (including phenoxy) is 1. The number of benzene rings is 3. The number of aliphatic hydroxyl groups is 1. The molecule has 0 spiro atoms. The Labute approximate surface area is 224 Å². The Hall–Kier alpha value is -3.43. The predicted octanol–water partition coefficient (Wildman–Crippen LogP) is 5.18. The van der Waals surface area contributed by atoms with Gasteiger partial charge in [-0.05, 0) is 60.7 Å². The van der Waals surface area contributed by atoms with Crippen LogP contribution < -0.4 is 5.32 Å². The van der Waals surface area contributed by atoms with E-state index in [4.69, 9.17) is 14.5 Å². The molecule has 5 aromatic rings. The van der Waals surface area contributed by atoms with Crippen LogP contribution in [-0.2, 0) is 39.6 Å². The summed E-state index contributed by atoms with van der Waals surface area (Å²) in [6.45, 7) is 6.66. The van der Waals surface area contributed by atoms with Gasteiger partial charge in [0.05, 0.1) is 34.7 Å². The second kappa shape index (κ2) is 7.61. The second-order valence-corrected chi connectivity index (χ2v) is 11.3. The number of nitrogens with zero attached hydrogens (tertiary/aromatic N) is 2. The Kier molecular flexibility index (Phi) is 4.57. The molecular weight excluding hydrogens is 494 g/mol. The van der Waals surface area contributed by atoms with Crippen LogP contribution in [0.15, 0.2) is 36.4 Å². The molecule has 39 heavy (non-hydrogen) atoms. The summed E-state index contributed by atoms with van der Waals surface area (Å²) >= 11 is 0. The summed E-state index contributed by atoms with van der Waals surface area (Å²) in [5.41, 5.74) is 5.59. The van der Waals surface area contributed by atoms with Crippen molar-refractivity contribution < 1.29 is 24.4 Å². The molecule has 0 aliphatic carbocycles. The molecule has 3 aromatic carbocycles. The van der Waals surface area contributed by atoms with Gasteiger partial charge in [0.25, 0.3) is 5.91 Å². The molecule has 5 heterocycles. The van der Waals surface area contributed by atoms with Crippen molar-refractivity contribution in [2.45, 2.75) is 64.1 Å². The summed E-state index contributed by atoms with van der Waals surface area (Å²) in [5.74, 6) is -0.0352. The number of carbonyl (C=O) groups is 1. The van der Waals surface area contributed by atoms with Gasteiger partial charge < -0.3 is 24.3 Å². The normalized spacial score (nSPS) is 25.5. The van der Waals surface area contributed by atoms with Gasteiger partial charge >= 0.3 is 0 Å². The van der Waals surface area contributed by atoms with Gasteiger partial charge in [-0.3, -0.25) is 4.79 Å². The maximum atomic E-state index is 13.5. The van der Waals surface area contributed by atoms with E-state index in [1.807, 2.05) is 6.92 Å². The molecule has 2 bridgehead atoms. The summed E-state index contributed by atoms with van der Waals surface area (Å²) in [7, 11) is 1.45. The first-order valence-electron chi connectivity index (χ1n) is 13.8. The van der Waals surface area contributed by atoms with Gasteiger partial charge in [-0.25, -0.2) is 9.78 Å². The lowest BCUT2D eigenvalue weighted by atomic mass is 9.89. The summed E-state index contributed by atoms with van der Waals surface area (Å²) in [6, 6.07) is 13.0. The predicted molar refractivity (Wildman–Crippen MR) is 149 cm³/mol. The van der Waals surface area contributed by atoms with Crippen LogP contribution in [0.5, 0.6) is 0 Å². The molecule has 8 heteroatoms. The van der Waals surface area contributed by atoms with E-state index in [2.05, 4.69) is 64.7 Å². The third kappa shape index (κ3) is 2.65. The van der Waals surface area contributed by atoms with E-state index in [-0.39, 0.29) is 12.5 Å². The molecule has 200 valence electrons. The zero-order valence-electron chi connectivity index (χ0n) is 22.6. The summed E-state index contributed by atoms with van der Waals surface area (Å²) in [6.07, 6.45) is 1.62. The number of fused-ring (bicyclic) bond motifs is 13. The van der Waals surface area contributed by atoms with Crippen LogP contribution >= 0.6 is 0 Å². The molecule has 1 fully saturated rings. The standard InChI is InChI=1S/C31H31N3O5/c1-5-16-7-9-21-18(11-16)25-26-20(14-32-29(26)35)24-19-12-17(6-2)8-10-22(19)34-28(24)27(25)33(21)23-13-31(36,15-38-37-4)30(34,3)39-23/h7-12,23,36H,5-6,13-15H2,1-4H3,(H,32,35). The summed E-state index contributed by atoms with van der Waals surface area (Å²) in [4.78, 5) is 23.9. The molecule has 2 aromatic heterocycles. The number of nitrogens with one attached hydrogen (secondary N) is 1. The number of aromatic nitrogens is 2. The molecule has 1 amide bonds. The van der Waals surface area contributed by atoms with Crippen LogP contribution in [0.3, 0.4) is 0 Å². The Morgan fingerprint density at radius 3 is 2.44 bits per heavy atom. The van der Waals surface area contributed by atoms with E-state index in [1.165, 1.54) is 18.2 Å². The van der Waals surface area contributed by atoms with E-state index in [0.29, 0.717) is 13.0 Å². The first kappa shape index (κ1) is 23.5. The topological polar surface area (TPSA) is 86.9 Å². The van der Waals surface area contributed by atoms with E-state index in [9.17, 15) is 9.90 Å². The molecule has 3 unspecified atom stereocenters. The van der Waals surface area contributed by atoms with Gasteiger partial charge in [0.15, 0.2) is 5.72 Å². The van der Waals surface area contributed by atoms with Crippen molar-refractivity contribution in [3.05, 3.63) is 58.7 Å². The molecule has 3 aliphatic rings. The summed E-state index contributed by atoms with van der Waals surface area (Å²) < 4.78 is 11.3. The molecule has 2 N–H and O–H groups in total. The average Bonchev–Trinajstić information content (AvgIpc) is 3.63. The van der Waals surface area contributed by atoms with E-state index >= 15 is 0 Å². The summed E-state index contributed by atoms with van der Waals surface area (Å²) in [5, 5.41) is 19.5.